The maximum atomic E-state index is 8.58. The van der Waals surface area contributed by atoms with E-state index >= 15 is 0 Å². The molecule has 136 valence electrons. The summed E-state index contributed by atoms with van der Waals surface area (Å²) in [6.45, 7) is 7.13. The van der Waals surface area contributed by atoms with Gasteiger partial charge in [0.1, 0.15) is 0 Å². The normalized spacial score (nSPS) is 23.0. The molecule has 1 aliphatic rings. The maximum Gasteiger partial charge on any atom is 0.204 e. The first kappa shape index (κ1) is 19.3. The van der Waals surface area contributed by atoms with Gasteiger partial charge in [0, 0.05) is 17.1 Å². The molecule has 2 aromatic rings. The standard InChI is InChI=1S/C21H29N.CH3NO/c1-15(2)13-18-14-16(3)11-12-20(18)22-21-10-6-8-17-7-4-5-9-19(17)21;2-1-3/h4-10,15-16,18,20,22H,11-14H2,1-3H3;1H,(H2,2,3). The van der Waals surface area contributed by atoms with Crippen molar-refractivity contribution < 1.29 is 4.79 Å². The fourth-order valence-corrected chi connectivity index (χ4v) is 4.11. The van der Waals surface area contributed by atoms with Crippen LogP contribution in [-0.4, -0.2) is 12.5 Å². The summed E-state index contributed by atoms with van der Waals surface area (Å²) in [6.07, 6.45) is 5.63. The van der Waals surface area contributed by atoms with Gasteiger partial charge in [-0.2, -0.15) is 0 Å². The number of rotatable bonds is 4. The largest absolute Gasteiger partial charge is 0.382 e. The molecule has 0 aliphatic heterocycles. The molecule has 0 radical (unpaired) electrons. The Morgan fingerprint density at radius 2 is 1.84 bits per heavy atom. The Balaban J connectivity index is 0.000000701. The molecule has 3 rings (SSSR count). The van der Waals surface area contributed by atoms with Crippen LogP contribution in [0.15, 0.2) is 42.5 Å². The molecule has 0 spiro atoms. The number of anilines is 1. The molecule has 3 unspecified atom stereocenters. The number of carbonyl (C=O) groups is 1. The molecule has 0 aromatic heterocycles. The van der Waals surface area contributed by atoms with E-state index in [2.05, 4.69) is 74.3 Å². The quantitative estimate of drug-likeness (QED) is 0.751. The average molecular weight is 341 g/mol. The molecule has 0 saturated heterocycles. The first-order valence-corrected chi connectivity index (χ1v) is 9.44. The Hall–Kier alpha value is -2.03. The van der Waals surface area contributed by atoms with Crippen LogP contribution < -0.4 is 11.1 Å². The van der Waals surface area contributed by atoms with Gasteiger partial charge in [0.05, 0.1) is 0 Å². The number of carbonyl (C=O) groups excluding carboxylic acids is 1. The van der Waals surface area contributed by atoms with Crippen molar-refractivity contribution in [2.45, 2.75) is 52.5 Å². The number of hydrogen-bond acceptors (Lipinski definition) is 2. The van der Waals surface area contributed by atoms with E-state index in [1.807, 2.05) is 0 Å². The van der Waals surface area contributed by atoms with Gasteiger partial charge in [-0.3, -0.25) is 4.79 Å². The first-order valence-electron chi connectivity index (χ1n) is 9.44. The summed E-state index contributed by atoms with van der Waals surface area (Å²) in [5, 5.41) is 6.58. The Morgan fingerprint density at radius 1 is 1.16 bits per heavy atom. The lowest BCUT2D eigenvalue weighted by Crippen LogP contribution is -2.35. The number of nitrogens with one attached hydrogen (secondary N) is 1. The summed E-state index contributed by atoms with van der Waals surface area (Å²) in [7, 11) is 0. The Morgan fingerprint density at radius 3 is 2.56 bits per heavy atom. The van der Waals surface area contributed by atoms with E-state index < -0.39 is 0 Å². The van der Waals surface area contributed by atoms with Crippen molar-refractivity contribution in [1.82, 2.24) is 0 Å². The molecule has 3 nitrogen and oxygen atoms in total. The van der Waals surface area contributed by atoms with Crippen molar-refractivity contribution in [2.75, 3.05) is 5.32 Å². The zero-order valence-corrected chi connectivity index (χ0v) is 15.7. The van der Waals surface area contributed by atoms with E-state index in [1.165, 1.54) is 42.1 Å². The van der Waals surface area contributed by atoms with Gasteiger partial charge < -0.3 is 11.1 Å². The van der Waals surface area contributed by atoms with E-state index in [9.17, 15) is 0 Å². The van der Waals surface area contributed by atoms with Gasteiger partial charge in [-0.05, 0) is 54.9 Å². The number of nitrogens with two attached hydrogens (primary N) is 1. The van der Waals surface area contributed by atoms with Crippen molar-refractivity contribution in [2.24, 2.45) is 23.5 Å². The molecular weight excluding hydrogens is 308 g/mol. The van der Waals surface area contributed by atoms with Crippen LogP contribution in [0.25, 0.3) is 10.8 Å². The molecule has 3 heteroatoms. The van der Waals surface area contributed by atoms with Crippen molar-refractivity contribution >= 4 is 22.9 Å². The highest BCUT2D eigenvalue weighted by molar-refractivity contribution is 5.93. The lowest BCUT2D eigenvalue weighted by atomic mass is 9.75. The lowest BCUT2D eigenvalue weighted by molar-refractivity contribution is -0.106. The Bertz CT molecular complexity index is 661. The topological polar surface area (TPSA) is 55.1 Å². The molecule has 3 N–H and O–H groups in total. The van der Waals surface area contributed by atoms with Crippen molar-refractivity contribution in [3.8, 4) is 0 Å². The lowest BCUT2D eigenvalue weighted by Gasteiger charge is -2.37. The summed E-state index contributed by atoms with van der Waals surface area (Å²) in [6, 6.07) is 16.0. The van der Waals surface area contributed by atoms with Gasteiger partial charge in [-0.25, -0.2) is 0 Å². The predicted octanol–water partition coefficient (Wildman–Crippen LogP) is 5.20. The molecule has 1 fully saturated rings. The number of benzene rings is 2. The van der Waals surface area contributed by atoms with Gasteiger partial charge >= 0.3 is 0 Å². The van der Waals surface area contributed by atoms with Crippen LogP contribution in [0.4, 0.5) is 5.69 Å². The molecule has 2 aromatic carbocycles. The van der Waals surface area contributed by atoms with Gasteiger partial charge in [0.2, 0.25) is 6.41 Å². The molecule has 25 heavy (non-hydrogen) atoms. The molecule has 3 atom stereocenters. The van der Waals surface area contributed by atoms with Crippen LogP contribution in [0.5, 0.6) is 0 Å². The molecule has 0 bridgehead atoms. The Kier molecular flexibility index (Phi) is 7.30. The second-order valence-electron chi connectivity index (χ2n) is 7.72. The minimum absolute atomic E-state index is 0.250. The second kappa shape index (κ2) is 9.45. The minimum Gasteiger partial charge on any atom is -0.382 e. The average Bonchev–Trinajstić information content (AvgIpc) is 2.58. The fraction of sp³-hybridized carbons (Fsp3) is 0.500. The van der Waals surface area contributed by atoms with Crippen molar-refractivity contribution in [1.29, 1.82) is 0 Å². The summed E-state index contributed by atoms with van der Waals surface area (Å²) in [5.41, 5.74) is 5.48. The number of hydrogen-bond donors (Lipinski definition) is 2. The van der Waals surface area contributed by atoms with Gasteiger partial charge in [0.25, 0.3) is 0 Å². The number of primary amides is 1. The second-order valence-corrected chi connectivity index (χ2v) is 7.72. The summed E-state index contributed by atoms with van der Waals surface area (Å²) >= 11 is 0. The molecule has 1 aliphatic carbocycles. The molecule has 1 saturated carbocycles. The van der Waals surface area contributed by atoms with Gasteiger partial charge in [-0.15, -0.1) is 0 Å². The van der Waals surface area contributed by atoms with Crippen LogP contribution >= 0.6 is 0 Å². The van der Waals surface area contributed by atoms with E-state index in [-0.39, 0.29) is 6.41 Å². The van der Waals surface area contributed by atoms with E-state index in [4.69, 9.17) is 4.79 Å². The van der Waals surface area contributed by atoms with Crippen LogP contribution in [0.3, 0.4) is 0 Å². The molecule has 0 heterocycles. The molecular formula is C22H32N2O. The minimum atomic E-state index is 0.250. The number of fused-ring (bicyclic) bond motifs is 1. The van der Waals surface area contributed by atoms with E-state index in [0.29, 0.717) is 6.04 Å². The van der Waals surface area contributed by atoms with Gasteiger partial charge in [-0.1, -0.05) is 57.2 Å². The van der Waals surface area contributed by atoms with Crippen LogP contribution in [-0.2, 0) is 4.79 Å². The third-order valence-electron chi connectivity index (χ3n) is 5.15. The van der Waals surface area contributed by atoms with E-state index in [0.717, 1.165) is 17.8 Å². The summed E-state index contributed by atoms with van der Waals surface area (Å²) in [5.74, 6) is 2.48. The Labute approximate surface area is 152 Å². The SMILES string of the molecule is CC(C)CC1CC(C)CCC1Nc1cccc2ccccc12.NC=O. The van der Waals surface area contributed by atoms with Gasteiger partial charge in [0.15, 0.2) is 0 Å². The van der Waals surface area contributed by atoms with Crippen molar-refractivity contribution in [3.05, 3.63) is 42.5 Å². The maximum absolute atomic E-state index is 8.58. The molecule has 1 amide bonds. The van der Waals surface area contributed by atoms with Crippen molar-refractivity contribution in [3.63, 3.8) is 0 Å². The third-order valence-corrected chi connectivity index (χ3v) is 5.15. The highest BCUT2D eigenvalue weighted by atomic mass is 16.1. The summed E-state index contributed by atoms with van der Waals surface area (Å²) in [4.78, 5) is 8.58. The zero-order chi connectivity index (χ0) is 18.2. The number of amides is 1. The van der Waals surface area contributed by atoms with Crippen LogP contribution in [0.2, 0.25) is 0 Å². The monoisotopic (exact) mass is 340 g/mol. The zero-order valence-electron chi connectivity index (χ0n) is 15.7. The highest BCUT2D eigenvalue weighted by Crippen LogP contribution is 2.36. The summed E-state index contributed by atoms with van der Waals surface area (Å²) < 4.78 is 0. The third kappa shape index (κ3) is 5.48. The van der Waals surface area contributed by atoms with Crippen LogP contribution in [0.1, 0.15) is 46.5 Å². The smallest absolute Gasteiger partial charge is 0.204 e. The predicted molar refractivity (Wildman–Crippen MR) is 108 cm³/mol. The van der Waals surface area contributed by atoms with Crippen LogP contribution in [0, 0.1) is 17.8 Å². The fourth-order valence-electron chi connectivity index (χ4n) is 4.11. The van der Waals surface area contributed by atoms with E-state index in [1.54, 1.807) is 0 Å². The highest BCUT2D eigenvalue weighted by Gasteiger charge is 2.29. The first-order chi connectivity index (χ1) is 12.0.